The lowest BCUT2D eigenvalue weighted by Crippen LogP contribution is -1.98. The van der Waals surface area contributed by atoms with Crippen LogP contribution in [0.2, 0.25) is 0 Å². The third-order valence-corrected chi connectivity index (χ3v) is 5.28. The van der Waals surface area contributed by atoms with Crippen molar-refractivity contribution >= 4 is 41.9 Å². The maximum absolute atomic E-state index is 14.4. The van der Waals surface area contributed by atoms with Crippen molar-refractivity contribution in [2.75, 3.05) is 6.61 Å². The number of hydrogen-bond donors (Lipinski definition) is 1. The monoisotopic (exact) mass is 477 g/mol. The van der Waals surface area contributed by atoms with E-state index in [0.29, 0.717) is 18.6 Å². The molecule has 36 heavy (non-hydrogen) atoms. The highest BCUT2D eigenvalue weighted by atomic mass is 19.1. The number of aromatic nitrogens is 3. The lowest BCUT2D eigenvalue weighted by molar-refractivity contribution is 0.308. The molecule has 2 aromatic heterocycles. The van der Waals surface area contributed by atoms with Crippen molar-refractivity contribution in [3.63, 3.8) is 0 Å². The molecule has 178 valence electrons. The first-order valence-electron chi connectivity index (χ1n) is 11.3. The Bertz CT molecular complexity index is 1510. The molecule has 1 N–H and O–H groups in total. The molecule has 4 aromatic rings. The Labute approximate surface area is 208 Å². The summed E-state index contributed by atoms with van der Waals surface area (Å²) in [5.74, 6) is -0.196. The lowest BCUT2D eigenvalue weighted by atomic mass is 10.1. The quantitative estimate of drug-likeness (QED) is 0.157. The van der Waals surface area contributed by atoms with Gasteiger partial charge >= 0.3 is 0 Å². The molecule has 0 fully saturated rings. The van der Waals surface area contributed by atoms with Gasteiger partial charge in [-0.15, -0.1) is 0 Å². The number of nitrogens with zero attached hydrogens (tertiary/aromatic N) is 4. The molecule has 0 aliphatic rings. The van der Waals surface area contributed by atoms with Crippen molar-refractivity contribution in [1.82, 2.24) is 14.8 Å². The van der Waals surface area contributed by atoms with Crippen LogP contribution in [0, 0.1) is 17.3 Å². The predicted octanol–water partition coefficient (Wildman–Crippen LogP) is 6.71. The van der Waals surface area contributed by atoms with Crippen molar-refractivity contribution < 1.29 is 9.13 Å². The standard InChI is InChI=1S/C29H24FN5O/c1-32-15-4-2-3-5-17-36-29-13-9-22(18-27(29)30)7-11-25-20-26(34-33-25)12-8-23-6-10-24-14-16-35(21-31)28(24)19-23/h2-4,6-16,18-20H,1,5,17H2,(H,33,34)/b3-2-,11-7+,12-8+,15-4-. The fraction of sp³-hybridized carbons (Fsp3) is 0.0690. The van der Waals surface area contributed by atoms with Gasteiger partial charge in [-0.2, -0.15) is 10.4 Å². The topological polar surface area (TPSA) is 79.0 Å². The molecule has 7 heteroatoms. The number of rotatable bonds is 10. The fourth-order valence-corrected chi connectivity index (χ4v) is 3.49. The Hall–Kier alpha value is -4.96. The zero-order chi connectivity index (χ0) is 25.2. The van der Waals surface area contributed by atoms with Gasteiger partial charge < -0.3 is 4.74 Å². The second-order valence-corrected chi connectivity index (χ2v) is 7.80. The Morgan fingerprint density at radius 2 is 1.89 bits per heavy atom. The van der Waals surface area contributed by atoms with Gasteiger partial charge in [-0.3, -0.25) is 14.7 Å². The van der Waals surface area contributed by atoms with Crippen LogP contribution in [0.15, 0.2) is 84.1 Å². The predicted molar refractivity (Wildman–Crippen MR) is 144 cm³/mol. The van der Waals surface area contributed by atoms with Crippen molar-refractivity contribution in [2.24, 2.45) is 4.99 Å². The number of ether oxygens (including phenoxy) is 1. The van der Waals surface area contributed by atoms with Crippen LogP contribution in [0.25, 0.3) is 35.2 Å². The van der Waals surface area contributed by atoms with E-state index in [1.807, 2.05) is 60.7 Å². The first-order chi connectivity index (χ1) is 17.7. The van der Waals surface area contributed by atoms with Crippen LogP contribution in [0.5, 0.6) is 5.75 Å². The number of nitrogens with one attached hydrogen (secondary N) is 1. The largest absolute Gasteiger partial charge is 0.490 e. The molecule has 0 atom stereocenters. The van der Waals surface area contributed by atoms with Gasteiger partial charge in [0, 0.05) is 17.8 Å². The third-order valence-electron chi connectivity index (χ3n) is 5.28. The van der Waals surface area contributed by atoms with Crippen molar-refractivity contribution in [3.8, 4) is 11.9 Å². The van der Waals surface area contributed by atoms with E-state index < -0.39 is 5.82 Å². The first kappa shape index (κ1) is 24.2. The first-order valence-corrected chi connectivity index (χ1v) is 11.3. The normalized spacial score (nSPS) is 11.9. The fourth-order valence-electron chi connectivity index (χ4n) is 3.49. The number of H-pyrrole nitrogens is 1. The van der Waals surface area contributed by atoms with Crippen molar-refractivity contribution in [2.45, 2.75) is 6.42 Å². The number of allylic oxidation sites excluding steroid dienone is 2. The summed E-state index contributed by atoms with van der Waals surface area (Å²) in [6.07, 6.45) is 19.1. The van der Waals surface area contributed by atoms with Crippen LogP contribution >= 0.6 is 0 Å². The van der Waals surface area contributed by atoms with E-state index in [9.17, 15) is 9.65 Å². The minimum Gasteiger partial charge on any atom is -0.490 e. The van der Waals surface area contributed by atoms with Crippen LogP contribution in [0.3, 0.4) is 0 Å². The van der Waals surface area contributed by atoms with E-state index in [1.54, 1.807) is 36.7 Å². The maximum Gasteiger partial charge on any atom is 0.188 e. The zero-order valence-electron chi connectivity index (χ0n) is 19.5. The molecule has 2 aromatic carbocycles. The summed E-state index contributed by atoms with van der Waals surface area (Å²) >= 11 is 0. The molecule has 0 aliphatic heterocycles. The summed E-state index contributed by atoms with van der Waals surface area (Å²) in [5.41, 5.74) is 4.08. The second kappa shape index (κ2) is 12.0. The van der Waals surface area contributed by atoms with Gasteiger partial charge in [0.1, 0.15) is 0 Å². The summed E-state index contributed by atoms with van der Waals surface area (Å²) in [4.78, 5) is 3.60. The molecule has 0 radical (unpaired) electrons. The average Bonchev–Trinajstić information content (AvgIpc) is 3.53. The van der Waals surface area contributed by atoms with Gasteiger partial charge in [0.05, 0.1) is 23.5 Å². The van der Waals surface area contributed by atoms with Crippen molar-refractivity contribution in [1.29, 1.82) is 5.26 Å². The van der Waals surface area contributed by atoms with Crippen LogP contribution < -0.4 is 4.74 Å². The molecule has 0 spiro atoms. The van der Waals surface area contributed by atoms with Gasteiger partial charge in [0.2, 0.25) is 0 Å². The molecule has 0 bridgehead atoms. The molecule has 0 saturated heterocycles. The van der Waals surface area contributed by atoms with E-state index in [4.69, 9.17) is 4.74 Å². The van der Waals surface area contributed by atoms with Crippen molar-refractivity contribution in [3.05, 3.63) is 107 Å². The highest BCUT2D eigenvalue weighted by Gasteiger charge is 2.04. The Morgan fingerprint density at radius 3 is 2.72 bits per heavy atom. The lowest BCUT2D eigenvalue weighted by Gasteiger charge is -2.06. The number of aromatic amines is 1. The van der Waals surface area contributed by atoms with Crippen LogP contribution in [-0.4, -0.2) is 28.1 Å². The van der Waals surface area contributed by atoms with Gasteiger partial charge in [-0.25, -0.2) is 4.39 Å². The maximum atomic E-state index is 14.4. The number of benzene rings is 2. The highest BCUT2D eigenvalue weighted by molar-refractivity contribution is 5.84. The summed E-state index contributed by atoms with van der Waals surface area (Å²) in [7, 11) is 0. The molecular formula is C29H24FN5O. The third kappa shape index (κ3) is 6.33. The van der Waals surface area contributed by atoms with Gasteiger partial charge in [-0.05, 0) is 72.8 Å². The number of nitriles is 1. The zero-order valence-corrected chi connectivity index (χ0v) is 19.5. The van der Waals surface area contributed by atoms with Crippen LogP contribution in [0.4, 0.5) is 4.39 Å². The van der Waals surface area contributed by atoms with Gasteiger partial charge in [0.15, 0.2) is 17.8 Å². The van der Waals surface area contributed by atoms with Gasteiger partial charge in [0.25, 0.3) is 0 Å². The number of aliphatic imine (C=N–C) groups is 1. The van der Waals surface area contributed by atoms with E-state index in [-0.39, 0.29) is 5.75 Å². The second-order valence-electron chi connectivity index (χ2n) is 7.80. The van der Waals surface area contributed by atoms with Crippen LogP contribution in [0.1, 0.15) is 28.9 Å². The summed E-state index contributed by atoms with van der Waals surface area (Å²) in [5, 5.41) is 17.5. The molecular weight excluding hydrogens is 453 g/mol. The minimum absolute atomic E-state index is 0.219. The molecule has 2 heterocycles. The SMILES string of the molecule is C=N/C=C\C=C/CCOc1ccc(/C=C/c2cc(/C=C/c3ccc4ccn(C#N)c4c3)[nH]n2)cc1F. The van der Waals surface area contributed by atoms with E-state index in [1.165, 1.54) is 10.6 Å². The minimum atomic E-state index is -0.415. The number of hydrogen-bond acceptors (Lipinski definition) is 4. The highest BCUT2D eigenvalue weighted by Crippen LogP contribution is 2.21. The molecule has 0 saturated carbocycles. The van der Waals surface area contributed by atoms with E-state index in [2.05, 4.69) is 28.1 Å². The average molecular weight is 478 g/mol. The summed E-state index contributed by atoms with van der Waals surface area (Å²) < 4.78 is 21.4. The number of halogens is 1. The molecule has 0 amide bonds. The smallest absolute Gasteiger partial charge is 0.188 e. The Morgan fingerprint density at radius 1 is 1.06 bits per heavy atom. The Kier molecular flexibility index (Phi) is 8.03. The van der Waals surface area contributed by atoms with E-state index >= 15 is 0 Å². The number of fused-ring (bicyclic) bond motifs is 1. The molecule has 6 nitrogen and oxygen atoms in total. The Balaban J connectivity index is 1.34. The molecule has 0 aliphatic carbocycles. The summed E-state index contributed by atoms with van der Waals surface area (Å²) in [6.45, 7) is 3.73. The van der Waals surface area contributed by atoms with Gasteiger partial charge in [-0.1, -0.05) is 42.5 Å². The van der Waals surface area contributed by atoms with E-state index in [0.717, 1.165) is 27.9 Å². The molecule has 4 rings (SSSR count). The summed E-state index contributed by atoms with van der Waals surface area (Å²) in [6, 6.07) is 14.6. The van der Waals surface area contributed by atoms with Crippen LogP contribution in [-0.2, 0) is 0 Å². The molecule has 0 unspecified atom stereocenters.